The average molecular weight is 484 g/mol. The number of rotatable bonds is 7. The van der Waals surface area contributed by atoms with Gasteiger partial charge in [-0.3, -0.25) is 14.2 Å². The van der Waals surface area contributed by atoms with Gasteiger partial charge >= 0.3 is 0 Å². The second-order valence-electron chi connectivity index (χ2n) is 7.09. The van der Waals surface area contributed by atoms with E-state index in [9.17, 15) is 14.0 Å². The van der Waals surface area contributed by atoms with E-state index in [1.54, 1.807) is 24.3 Å². The Labute approximate surface area is 198 Å². The standard InChI is InChI=1S/C23H19ClFN5O2S/c1-2-18(21(31)28-17-10-6-5-9-16(17)25)33-23-29-20-19(26-11-12-27-20)22(32)30(23)13-14-7-3-4-8-15(14)24/h3-12,18H,2,13H2,1H3,(H,28,31). The molecule has 0 aliphatic rings. The summed E-state index contributed by atoms with van der Waals surface area (Å²) >= 11 is 7.42. The molecule has 0 saturated heterocycles. The molecule has 1 amide bonds. The lowest BCUT2D eigenvalue weighted by atomic mass is 10.2. The van der Waals surface area contributed by atoms with Gasteiger partial charge in [0.15, 0.2) is 16.3 Å². The van der Waals surface area contributed by atoms with E-state index in [1.807, 2.05) is 19.1 Å². The Kier molecular flexibility index (Phi) is 7.00. The van der Waals surface area contributed by atoms with Crippen molar-refractivity contribution in [3.05, 3.63) is 87.7 Å². The van der Waals surface area contributed by atoms with E-state index in [2.05, 4.69) is 20.3 Å². The molecule has 4 rings (SSSR count). The van der Waals surface area contributed by atoms with Gasteiger partial charge < -0.3 is 5.32 Å². The first kappa shape index (κ1) is 22.9. The molecule has 4 aromatic rings. The van der Waals surface area contributed by atoms with Gasteiger partial charge in [0.05, 0.1) is 17.5 Å². The molecule has 2 aromatic carbocycles. The van der Waals surface area contributed by atoms with E-state index in [-0.39, 0.29) is 29.0 Å². The Bertz CT molecular complexity index is 1380. The molecule has 0 bridgehead atoms. The molecule has 2 aromatic heterocycles. The van der Waals surface area contributed by atoms with Crippen LogP contribution in [-0.2, 0) is 11.3 Å². The van der Waals surface area contributed by atoms with Crippen molar-refractivity contribution in [1.29, 1.82) is 0 Å². The van der Waals surface area contributed by atoms with Crippen molar-refractivity contribution in [3.8, 4) is 0 Å². The predicted octanol–water partition coefficient (Wildman–Crippen LogP) is 4.54. The third kappa shape index (κ3) is 5.04. The number of nitrogens with zero attached hydrogens (tertiary/aromatic N) is 4. The number of halogens is 2. The van der Waals surface area contributed by atoms with Crippen LogP contribution >= 0.6 is 23.4 Å². The fourth-order valence-corrected chi connectivity index (χ4v) is 4.38. The summed E-state index contributed by atoms with van der Waals surface area (Å²) in [7, 11) is 0. The Hall–Kier alpha value is -3.30. The first-order chi connectivity index (χ1) is 16.0. The minimum absolute atomic E-state index is 0.0901. The fourth-order valence-electron chi connectivity index (χ4n) is 3.18. The van der Waals surface area contributed by atoms with Gasteiger partial charge in [-0.05, 0) is 30.2 Å². The largest absolute Gasteiger partial charge is 0.323 e. The van der Waals surface area contributed by atoms with Crippen LogP contribution in [0.25, 0.3) is 11.2 Å². The second kappa shape index (κ2) is 10.1. The van der Waals surface area contributed by atoms with E-state index < -0.39 is 17.0 Å². The molecule has 0 spiro atoms. The zero-order valence-electron chi connectivity index (χ0n) is 17.5. The average Bonchev–Trinajstić information content (AvgIpc) is 2.82. The first-order valence-corrected chi connectivity index (χ1v) is 11.4. The summed E-state index contributed by atoms with van der Waals surface area (Å²) in [6.45, 7) is 1.97. The number of aromatic nitrogens is 4. The van der Waals surface area contributed by atoms with Gasteiger partial charge in [0.1, 0.15) is 5.82 Å². The number of fused-ring (bicyclic) bond motifs is 1. The maximum absolute atomic E-state index is 14.0. The Morgan fingerprint density at radius 1 is 1.15 bits per heavy atom. The summed E-state index contributed by atoms with van der Waals surface area (Å²) in [6.07, 6.45) is 3.30. The monoisotopic (exact) mass is 483 g/mol. The lowest BCUT2D eigenvalue weighted by Gasteiger charge is -2.18. The zero-order valence-corrected chi connectivity index (χ0v) is 19.1. The van der Waals surface area contributed by atoms with Crippen LogP contribution in [0.5, 0.6) is 0 Å². The number of anilines is 1. The van der Waals surface area contributed by atoms with Gasteiger partial charge in [-0.15, -0.1) is 0 Å². The molecule has 0 radical (unpaired) electrons. The van der Waals surface area contributed by atoms with Crippen molar-refractivity contribution in [2.24, 2.45) is 0 Å². The highest BCUT2D eigenvalue weighted by Crippen LogP contribution is 2.27. The third-order valence-electron chi connectivity index (χ3n) is 4.89. The summed E-state index contributed by atoms with van der Waals surface area (Å²) in [6, 6.07) is 13.1. The van der Waals surface area contributed by atoms with Crippen LogP contribution in [0.15, 0.2) is 70.9 Å². The topological polar surface area (TPSA) is 89.8 Å². The van der Waals surface area contributed by atoms with Crippen molar-refractivity contribution in [2.75, 3.05) is 5.32 Å². The van der Waals surface area contributed by atoms with Crippen LogP contribution in [0.2, 0.25) is 5.02 Å². The van der Waals surface area contributed by atoms with Crippen LogP contribution in [0.1, 0.15) is 18.9 Å². The minimum atomic E-state index is -0.636. The molecule has 1 N–H and O–H groups in total. The quantitative estimate of drug-likeness (QED) is 0.306. The number of amides is 1. The van der Waals surface area contributed by atoms with Gasteiger partial charge in [0, 0.05) is 17.4 Å². The summed E-state index contributed by atoms with van der Waals surface area (Å²) in [5.41, 5.74) is 0.728. The van der Waals surface area contributed by atoms with E-state index in [4.69, 9.17) is 11.6 Å². The van der Waals surface area contributed by atoms with E-state index >= 15 is 0 Å². The Morgan fingerprint density at radius 3 is 2.64 bits per heavy atom. The van der Waals surface area contributed by atoms with Gasteiger partial charge in [0.25, 0.3) is 5.56 Å². The maximum atomic E-state index is 14.0. The first-order valence-electron chi connectivity index (χ1n) is 10.1. The van der Waals surface area contributed by atoms with Crippen molar-refractivity contribution in [2.45, 2.75) is 30.3 Å². The molecule has 7 nitrogen and oxygen atoms in total. The summed E-state index contributed by atoms with van der Waals surface area (Å²) in [4.78, 5) is 38.9. The number of benzene rings is 2. The molecule has 168 valence electrons. The van der Waals surface area contributed by atoms with Crippen molar-refractivity contribution < 1.29 is 9.18 Å². The van der Waals surface area contributed by atoms with Gasteiger partial charge in [-0.25, -0.2) is 19.3 Å². The number of carbonyl (C=O) groups excluding carboxylic acids is 1. The Morgan fingerprint density at radius 2 is 1.88 bits per heavy atom. The normalized spacial score (nSPS) is 12.0. The highest BCUT2D eigenvalue weighted by atomic mass is 35.5. The van der Waals surface area contributed by atoms with Crippen LogP contribution in [-0.4, -0.2) is 30.7 Å². The molecule has 0 saturated carbocycles. The molecular formula is C23H19ClFN5O2S. The number of hydrogen-bond donors (Lipinski definition) is 1. The van der Waals surface area contributed by atoms with E-state index in [0.29, 0.717) is 16.6 Å². The SMILES string of the molecule is CCC(Sc1nc2nccnc2c(=O)n1Cc1ccccc1Cl)C(=O)Nc1ccccc1F. The molecule has 0 aliphatic carbocycles. The summed E-state index contributed by atoms with van der Waals surface area (Å²) in [5.74, 6) is -0.925. The van der Waals surface area contributed by atoms with Crippen LogP contribution in [0.4, 0.5) is 10.1 Å². The number of carbonyl (C=O) groups is 1. The molecule has 2 heterocycles. The summed E-state index contributed by atoms with van der Waals surface area (Å²) < 4.78 is 15.4. The van der Waals surface area contributed by atoms with Gasteiger partial charge in [-0.2, -0.15) is 0 Å². The molecule has 10 heteroatoms. The van der Waals surface area contributed by atoms with Crippen LogP contribution in [0, 0.1) is 5.82 Å². The van der Waals surface area contributed by atoms with E-state index in [1.165, 1.54) is 29.1 Å². The predicted molar refractivity (Wildman–Crippen MR) is 127 cm³/mol. The van der Waals surface area contributed by atoms with Crippen LogP contribution in [0.3, 0.4) is 0 Å². The van der Waals surface area contributed by atoms with E-state index in [0.717, 1.165) is 17.3 Å². The van der Waals surface area contributed by atoms with Crippen molar-refractivity contribution >= 4 is 46.1 Å². The zero-order chi connectivity index (χ0) is 23.4. The van der Waals surface area contributed by atoms with Crippen molar-refractivity contribution in [1.82, 2.24) is 19.5 Å². The molecule has 1 unspecified atom stereocenters. The molecule has 0 aliphatic heterocycles. The lowest BCUT2D eigenvalue weighted by Crippen LogP contribution is -2.29. The molecule has 1 atom stereocenters. The third-order valence-corrected chi connectivity index (χ3v) is 6.61. The minimum Gasteiger partial charge on any atom is -0.323 e. The van der Waals surface area contributed by atoms with Gasteiger partial charge in [0.2, 0.25) is 5.91 Å². The molecular weight excluding hydrogens is 465 g/mol. The maximum Gasteiger partial charge on any atom is 0.282 e. The lowest BCUT2D eigenvalue weighted by molar-refractivity contribution is -0.115. The van der Waals surface area contributed by atoms with Crippen LogP contribution < -0.4 is 10.9 Å². The smallest absolute Gasteiger partial charge is 0.282 e. The number of hydrogen-bond acceptors (Lipinski definition) is 6. The fraction of sp³-hybridized carbons (Fsp3) is 0.174. The molecule has 0 fully saturated rings. The Balaban J connectivity index is 1.72. The number of thioether (sulfide) groups is 1. The summed E-state index contributed by atoms with van der Waals surface area (Å²) in [5, 5.41) is 2.78. The highest BCUT2D eigenvalue weighted by molar-refractivity contribution is 8.00. The van der Waals surface area contributed by atoms with Gasteiger partial charge in [-0.1, -0.05) is 60.6 Å². The molecule has 33 heavy (non-hydrogen) atoms. The van der Waals surface area contributed by atoms with Crippen molar-refractivity contribution in [3.63, 3.8) is 0 Å². The second-order valence-corrected chi connectivity index (χ2v) is 8.67. The number of nitrogens with one attached hydrogen (secondary N) is 1. The highest BCUT2D eigenvalue weighted by Gasteiger charge is 2.23. The number of para-hydroxylation sites is 1.